The van der Waals surface area contributed by atoms with Gasteiger partial charge in [0.05, 0.1) is 12.3 Å². The lowest BCUT2D eigenvalue weighted by Gasteiger charge is -2.06. The number of hydrogen-bond acceptors (Lipinski definition) is 6. The molecular formula is C21H18N2O4S. The van der Waals surface area contributed by atoms with Crippen LogP contribution in [0, 0.1) is 0 Å². The number of carbonyl (C=O) groups is 2. The smallest absolute Gasteiger partial charge is 0.264 e. The Labute approximate surface area is 166 Å². The lowest BCUT2D eigenvalue weighted by molar-refractivity contribution is -0.118. The average Bonchev–Trinajstić information content (AvgIpc) is 3.35. The second kappa shape index (κ2) is 7.82. The van der Waals surface area contributed by atoms with Crippen LogP contribution in [0.2, 0.25) is 0 Å². The van der Waals surface area contributed by atoms with Gasteiger partial charge in [-0.05, 0) is 55.0 Å². The number of anilines is 1. The number of nitrogens with one attached hydrogen (secondary N) is 1. The highest BCUT2D eigenvalue weighted by molar-refractivity contribution is 7.14. The highest BCUT2D eigenvalue weighted by atomic mass is 32.1. The zero-order valence-corrected chi connectivity index (χ0v) is 16.0. The van der Waals surface area contributed by atoms with Gasteiger partial charge in [-0.3, -0.25) is 14.9 Å². The van der Waals surface area contributed by atoms with E-state index in [0.29, 0.717) is 23.1 Å². The van der Waals surface area contributed by atoms with Crippen molar-refractivity contribution in [3.63, 3.8) is 0 Å². The van der Waals surface area contributed by atoms with Gasteiger partial charge in [0.25, 0.3) is 5.91 Å². The van der Waals surface area contributed by atoms with Gasteiger partial charge in [0.1, 0.15) is 11.5 Å². The third-order valence-electron chi connectivity index (χ3n) is 4.37. The van der Waals surface area contributed by atoms with Crippen LogP contribution >= 0.6 is 11.3 Å². The Kier molecular flexibility index (Phi) is 5.08. The van der Waals surface area contributed by atoms with E-state index in [4.69, 9.17) is 9.47 Å². The molecule has 0 aliphatic carbocycles. The second-order valence-electron chi connectivity index (χ2n) is 6.38. The molecule has 4 rings (SSSR count). The number of nitrogens with zero attached hydrogens (tertiary/aromatic N) is 1. The number of carbonyl (C=O) groups excluding carboxylic acids is 2. The first-order chi connectivity index (χ1) is 13.6. The van der Waals surface area contributed by atoms with Gasteiger partial charge in [-0.2, -0.15) is 0 Å². The average molecular weight is 394 g/mol. The second-order valence-corrected chi connectivity index (χ2v) is 7.23. The monoisotopic (exact) mass is 394 g/mol. The summed E-state index contributed by atoms with van der Waals surface area (Å²) in [7, 11) is 0. The highest BCUT2D eigenvalue weighted by Gasteiger charge is 2.14. The topological polar surface area (TPSA) is 77.5 Å². The number of thiazole rings is 1. The minimum absolute atomic E-state index is 0.0141. The molecule has 1 N–H and O–H groups in total. The fourth-order valence-electron chi connectivity index (χ4n) is 2.90. The van der Waals surface area contributed by atoms with E-state index in [9.17, 15) is 9.59 Å². The fraction of sp³-hybridized carbons (Fsp3) is 0.190. The van der Waals surface area contributed by atoms with Gasteiger partial charge in [0.15, 0.2) is 17.5 Å². The van der Waals surface area contributed by atoms with Crippen LogP contribution in [0.5, 0.6) is 11.5 Å². The van der Waals surface area contributed by atoms with Crippen LogP contribution in [-0.4, -0.2) is 29.9 Å². The molecule has 7 heteroatoms. The maximum absolute atomic E-state index is 12.1. The molecule has 1 aliphatic heterocycles. The molecular weight excluding hydrogens is 376 g/mol. The number of benzene rings is 2. The molecule has 2 aromatic carbocycles. The largest absolute Gasteiger partial charge is 0.493 e. The zero-order chi connectivity index (χ0) is 19.5. The van der Waals surface area contributed by atoms with Crippen LogP contribution in [0.15, 0.2) is 47.8 Å². The molecule has 1 aromatic heterocycles. The number of ether oxygens (including phenoxy) is 2. The minimum atomic E-state index is -0.293. The molecule has 0 bridgehead atoms. The Morgan fingerprint density at radius 2 is 2.04 bits per heavy atom. The van der Waals surface area contributed by atoms with E-state index in [1.54, 1.807) is 24.3 Å². The predicted molar refractivity (Wildman–Crippen MR) is 107 cm³/mol. The number of hydrogen-bond donors (Lipinski definition) is 1. The highest BCUT2D eigenvalue weighted by Crippen LogP contribution is 2.31. The SMILES string of the molecule is CC(=O)c1ccc(OCC(=O)Nc2nc(-c3ccc4c(c3)CCO4)cs2)cc1. The molecule has 0 fully saturated rings. The van der Waals surface area contributed by atoms with Gasteiger partial charge in [-0.25, -0.2) is 4.98 Å². The van der Waals surface area contributed by atoms with Crippen molar-refractivity contribution in [2.24, 2.45) is 0 Å². The predicted octanol–water partition coefficient (Wildman–Crippen LogP) is 3.97. The Morgan fingerprint density at radius 1 is 1.21 bits per heavy atom. The third kappa shape index (κ3) is 4.04. The van der Waals surface area contributed by atoms with Crippen molar-refractivity contribution in [3.8, 4) is 22.8 Å². The van der Waals surface area contributed by atoms with Crippen LogP contribution in [0.1, 0.15) is 22.8 Å². The number of aromatic nitrogens is 1. The number of amides is 1. The normalized spacial score (nSPS) is 12.2. The number of Topliss-reactive ketones (excluding diaryl/α,β-unsaturated/α-hetero) is 1. The summed E-state index contributed by atoms with van der Waals surface area (Å²) in [6.07, 6.45) is 0.904. The molecule has 3 aromatic rings. The molecule has 142 valence electrons. The zero-order valence-electron chi connectivity index (χ0n) is 15.2. The summed E-state index contributed by atoms with van der Waals surface area (Å²) in [5, 5.41) is 5.18. The van der Waals surface area contributed by atoms with Gasteiger partial charge in [-0.1, -0.05) is 0 Å². The van der Waals surface area contributed by atoms with E-state index >= 15 is 0 Å². The minimum Gasteiger partial charge on any atom is -0.493 e. The summed E-state index contributed by atoms with van der Waals surface area (Å²) >= 11 is 1.37. The van der Waals surface area contributed by atoms with Crippen molar-refractivity contribution in [2.45, 2.75) is 13.3 Å². The summed E-state index contributed by atoms with van der Waals surface area (Å²) in [6, 6.07) is 12.7. The van der Waals surface area contributed by atoms with Gasteiger partial charge in [-0.15, -0.1) is 11.3 Å². The maximum Gasteiger partial charge on any atom is 0.264 e. The first-order valence-corrected chi connectivity index (χ1v) is 9.72. The van der Waals surface area contributed by atoms with Gasteiger partial charge in [0, 0.05) is 22.9 Å². The summed E-state index contributed by atoms with van der Waals surface area (Å²) in [5.41, 5.74) is 3.60. The third-order valence-corrected chi connectivity index (χ3v) is 5.12. The van der Waals surface area contributed by atoms with Crippen LogP contribution in [0.4, 0.5) is 5.13 Å². The van der Waals surface area contributed by atoms with E-state index < -0.39 is 0 Å². The summed E-state index contributed by atoms with van der Waals surface area (Å²) in [6.45, 7) is 2.08. The van der Waals surface area contributed by atoms with Gasteiger partial charge >= 0.3 is 0 Å². The molecule has 2 heterocycles. The van der Waals surface area contributed by atoms with Crippen molar-refractivity contribution in [3.05, 3.63) is 59.0 Å². The molecule has 0 saturated carbocycles. The first kappa shape index (κ1) is 18.2. The van der Waals surface area contributed by atoms with Crippen molar-refractivity contribution in [2.75, 3.05) is 18.5 Å². The van der Waals surface area contributed by atoms with E-state index in [0.717, 1.165) is 23.4 Å². The number of rotatable bonds is 6. The molecule has 0 unspecified atom stereocenters. The molecule has 6 nitrogen and oxygen atoms in total. The quantitative estimate of drug-likeness (QED) is 0.640. The van der Waals surface area contributed by atoms with Crippen molar-refractivity contribution in [1.29, 1.82) is 0 Å². The van der Waals surface area contributed by atoms with Crippen LogP contribution in [-0.2, 0) is 11.2 Å². The first-order valence-electron chi connectivity index (χ1n) is 8.84. The van der Waals surface area contributed by atoms with E-state index in [1.807, 2.05) is 17.5 Å². The summed E-state index contributed by atoms with van der Waals surface area (Å²) in [4.78, 5) is 27.9. The van der Waals surface area contributed by atoms with E-state index in [-0.39, 0.29) is 18.3 Å². The van der Waals surface area contributed by atoms with Crippen LogP contribution in [0.3, 0.4) is 0 Å². The molecule has 1 aliphatic rings. The molecule has 1 amide bonds. The van der Waals surface area contributed by atoms with Crippen molar-refractivity contribution < 1.29 is 19.1 Å². The van der Waals surface area contributed by atoms with E-state index in [1.165, 1.54) is 23.8 Å². The van der Waals surface area contributed by atoms with E-state index in [2.05, 4.69) is 16.4 Å². The maximum atomic E-state index is 12.1. The molecule has 0 radical (unpaired) electrons. The Balaban J connectivity index is 1.34. The standard InChI is InChI=1S/C21H18N2O4S/c1-13(24)14-2-5-17(6-3-14)27-11-20(25)23-21-22-18(12-28-21)15-4-7-19-16(10-15)8-9-26-19/h2-7,10,12H,8-9,11H2,1H3,(H,22,23,25). The number of fused-ring (bicyclic) bond motifs is 1. The Hall–Kier alpha value is -3.19. The Bertz CT molecular complexity index is 1030. The lowest BCUT2D eigenvalue weighted by Crippen LogP contribution is -2.20. The Morgan fingerprint density at radius 3 is 2.82 bits per heavy atom. The van der Waals surface area contributed by atoms with Crippen molar-refractivity contribution in [1.82, 2.24) is 4.98 Å². The van der Waals surface area contributed by atoms with Crippen LogP contribution in [0.25, 0.3) is 11.3 Å². The van der Waals surface area contributed by atoms with Crippen LogP contribution < -0.4 is 14.8 Å². The molecule has 0 atom stereocenters. The number of ketones is 1. The molecule has 0 saturated heterocycles. The summed E-state index contributed by atoms with van der Waals surface area (Å²) in [5.74, 6) is 1.15. The van der Waals surface area contributed by atoms with Crippen molar-refractivity contribution >= 4 is 28.2 Å². The molecule has 0 spiro atoms. The lowest BCUT2D eigenvalue weighted by atomic mass is 10.1. The summed E-state index contributed by atoms with van der Waals surface area (Å²) < 4.78 is 11.0. The van der Waals surface area contributed by atoms with Gasteiger partial charge in [0.2, 0.25) is 0 Å². The van der Waals surface area contributed by atoms with Gasteiger partial charge < -0.3 is 9.47 Å². The fourth-order valence-corrected chi connectivity index (χ4v) is 3.64. The molecule has 28 heavy (non-hydrogen) atoms.